The lowest BCUT2D eigenvalue weighted by Crippen LogP contribution is -2.03. The summed E-state index contributed by atoms with van der Waals surface area (Å²) in [6.45, 7) is 2.12. The molecule has 0 bridgehead atoms. The lowest BCUT2D eigenvalue weighted by atomic mass is 10.1. The summed E-state index contributed by atoms with van der Waals surface area (Å²) in [5.41, 5.74) is 8.76. The molecule has 0 atom stereocenters. The quantitative estimate of drug-likeness (QED) is 0.645. The van der Waals surface area contributed by atoms with Crippen LogP contribution in [0.1, 0.15) is 22.8 Å². The van der Waals surface area contributed by atoms with E-state index < -0.39 is 0 Å². The van der Waals surface area contributed by atoms with Gasteiger partial charge in [-0.1, -0.05) is 6.07 Å². The summed E-state index contributed by atoms with van der Waals surface area (Å²) in [5.74, 6) is 0.553. The summed E-state index contributed by atoms with van der Waals surface area (Å²) in [6.07, 6.45) is 1.75. The zero-order valence-corrected chi connectivity index (χ0v) is 11.5. The fraction of sp³-hybridized carbons (Fsp3) is 0.200. The third kappa shape index (κ3) is 3.26. The summed E-state index contributed by atoms with van der Waals surface area (Å²) in [6, 6.07) is 9.07. The number of ether oxygens (including phenoxy) is 1. The molecule has 0 unspecified atom stereocenters. The molecule has 0 aliphatic carbocycles. The molecule has 0 fully saturated rings. The molecule has 1 heterocycles. The molecule has 0 spiro atoms. The highest BCUT2D eigenvalue weighted by atomic mass is 16.5. The van der Waals surface area contributed by atoms with Crippen LogP contribution in [0.3, 0.4) is 0 Å². The van der Waals surface area contributed by atoms with Crippen LogP contribution in [0.4, 0.5) is 11.4 Å². The van der Waals surface area contributed by atoms with Crippen LogP contribution < -0.4 is 15.8 Å². The number of hydrogen-bond donors (Lipinski definition) is 2. The molecule has 104 valence electrons. The van der Waals surface area contributed by atoms with Crippen LogP contribution in [-0.2, 0) is 6.54 Å². The number of carbonyl (C=O) groups excluding carboxylic acids is 1. The number of benzene rings is 1. The van der Waals surface area contributed by atoms with Gasteiger partial charge >= 0.3 is 0 Å². The normalized spacial score (nSPS) is 10.1. The molecule has 0 aliphatic rings. The van der Waals surface area contributed by atoms with Crippen LogP contribution in [0, 0.1) is 0 Å². The number of carbonyl (C=O) groups is 1. The second kappa shape index (κ2) is 6.06. The molecule has 1 aromatic carbocycles. The Bertz CT molecular complexity index is 609. The van der Waals surface area contributed by atoms with Gasteiger partial charge < -0.3 is 15.8 Å². The molecule has 20 heavy (non-hydrogen) atoms. The maximum atomic E-state index is 11.3. The number of nitrogens with one attached hydrogen (secondary N) is 1. The van der Waals surface area contributed by atoms with E-state index in [-0.39, 0.29) is 5.78 Å². The van der Waals surface area contributed by atoms with E-state index in [0.29, 0.717) is 23.7 Å². The largest absolute Gasteiger partial charge is 0.481 e. The summed E-state index contributed by atoms with van der Waals surface area (Å²) in [4.78, 5) is 15.4. The van der Waals surface area contributed by atoms with E-state index in [4.69, 9.17) is 10.5 Å². The van der Waals surface area contributed by atoms with E-state index >= 15 is 0 Å². The highest BCUT2D eigenvalue weighted by Gasteiger charge is 2.05. The van der Waals surface area contributed by atoms with Crippen molar-refractivity contribution in [1.29, 1.82) is 0 Å². The van der Waals surface area contributed by atoms with Crippen molar-refractivity contribution in [3.8, 4) is 5.88 Å². The minimum Gasteiger partial charge on any atom is -0.481 e. The van der Waals surface area contributed by atoms with Gasteiger partial charge in [-0.25, -0.2) is 4.98 Å². The first kappa shape index (κ1) is 13.9. The van der Waals surface area contributed by atoms with E-state index in [0.717, 1.165) is 11.3 Å². The van der Waals surface area contributed by atoms with Gasteiger partial charge in [0, 0.05) is 35.7 Å². The summed E-state index contributed by atoms with van der Waals surface area (Å²) in [7, 11) is 1.58. The number of nitrogens with two attached hydrogens (primary N) is 1. The number of Topliss-reactive ketones (excluding diaryl/α,β-unsaturated/α-hetero) is 1. The van der Waals surface area contributed by atoms with E-state index in [2.05, 4.69) is 10.3 Å². The first-order valence-corrected chi connectivity index (χ1v) is 6.23. The number of nitrogen functional groups attached to an aromatic ring is 1. The van der Waals surface area contributed by atoms with Crippen molar-refractivity contribution in [1.82, 2.24) is 4.98 Å². The minimum absolute atomic E-state index is 0.0339. The predicted molar refractivity (Wildman–Crippen MR) is 79.0 cm³/mol. The van der Waals surface area contributed by atoms with Crippen LogP contribution in [0.25, 0.3) is 0 Å². The lowest BCUT2D eigenvalue weighted by molar-refractivity contribution is 0.101. The molecule has 5 heteroatoms. The maximum absolute atomic E-state index is 11.3. The SMILES string of the molecule is COc1ccc(CNc2ccc(C(C)=O)c(N)c2)cn1. The Labute approximate surface area is 117 Å². The van der Waals surface area contributed by atoms with Crippen LogP contribution >= 0.6 is 0 Å². The first-order valence-electron chi connectivity index (χ1n) is 6.23. The summed E-state index contributed by atoms with van der Waals surface area (Å²) in [5, 5.41) is 3.23. The Balaban J connectivity index is 2.03. The Morgan fingerprint density at radius 3 is 2.70 bits per heavy atom. The Morgan fingerprint density at radius 1 is 1.35 bits per heavy atom. The highest BCUT2D eigenvalue weighted by Crippen LogP contribution is 2.19. The fourth-order valence-electron chi connectivity index (χ4n) is 1.83. The predicted octanol–water partition coefficient (Wildman–Crippen LogP) is 2.49. The van der Waals surface area contributed by atoms with Crippen molar-refractivity contribution < 1.29 is 9.53 Å². The molecule has 1 aromatic heterocycles. The van der Waals surface area contributed by atoms with E-state index in [1.165, 1.54) is 6.92 Å². The molecule has 5 nitrogen and oxygen atoms in total. The topological polar surface area (TPSA) is 77.2 Å². The molecule has 0 aliphatic heterocycles. The monoisotopic (exact) mass is 271 g/mol. The van der Waals surface area contributed by atoms with E-state index in [9.17, 15) is 4.79 Å². The summed E-state index contributed by atoms with van der Waals surface area (Å²) < 4.78 is 5.00. The second-order valence-electron chi connectivity index (χ2n) is 4.42. The average Bonchev–Trinajstić information content (AvgIpc) is 2.45. The third-order valence-corrected chi connectivity index (χ3v) is 2.93. The van der Waals surface area contributed by atoms with Crippen molar-refractivity contribution in [3.05, 3.63) is 47.7 Å². The van der Waals surface area contributed by atoms with Gasteiger partial charge in [-0.2, -0.15) is 0 Å². The molecule has 0 radical (unpaired) electrons. The molecule has 0 saturated carbocycles. The van der Waals surface area contributed by atoms with E-state index in [1.54, 1.807) is 25.4 Å². The fourth-order valence-corrected chi connectivity index (χ4v) is 1.83. The smallest absolute Gasteiger partial charge is 0.212 e. The number of hydrogen-bond acceptors (Lipinski definition) is 5. The molecule has 0 amide bonds. The molecule has 2 aromatic rings. The number of anilines is 2. The molecule has 2 rings (SSSR count). The molecule has 0 saturated heterocycles. The molecule has 3 N–H and O–H groups in total. The standard InChI is InChI=1S/C15H17N3O2/c1-10(19)13-5-4-12(7-14(13)16)17-8-11-3-6-15(20-2)18-9-11/h3-7,9,17H,8,16H2,1-2H3. The van der Waals surface area contributed by atoms with Crippen LogP contribution in [-0.4, -0.2) is 17.9 Å². The van der Waals surface area contributed by atoms with Gasteiger partial charge in [-0.05, 0) is 30.7 Å². The number of ketones is 1. The zero-order valence-electron chi connectivity index (χ0n) is 11.5. The van der Waals surface area contributed by atoms with Crippen LogP contribution in [0.5, 0.6) is 5.88 Å². The third-order valence-electron chi connectivity index (χ3n) is 2.93. The van der Waals surface area contributed by atoms with Crippen molar-refractivity contribution in [2.45, 2.75) is 13.5 Å². The van der Waals surface area contributed by atoms with E-state index in [1.807, 2.05) is 18.2 Å². The number of nitrogens with zero attached hydrogens (tertiary/aromatic N) is 1. The van der Waals surface area contributed by atoms with Gasteiger partial charge in [0.05, 0.1) is 7.11 Å². The minimum atomic E-state index is -0.0339. The molecular weight excluding hydrogens is 254 g/mol. The van der Waals surface area contributed by atoms with Crippen molar-refractivity contribution in [3.63, 3.8) is 0 Å². The lowest BCUT2D eigenvalue weighted by Gasteiger charge is -2.09. The van der Waals surface area contributed by atoms with Gasteiger partial charge in [0.1, 0.15) is 0 Å². The van der Waals surface area contributed by atoms with Gasteiger partial charge in [0.15, 0.2) is 5.78 Å². The maximum Gasteiger partial charge on any atom is 0.212 e. The Kier molecular flexibility index (Phi) is 4.20. The van der Waals surface area contributed by atoms with Crippen LogP contribution in [0.15, 0.2) is 36.5 Å². The number of methoxy groups -OCH3 is 1. The van der Waals surface area contributed by atoms with Gasteiger partial charge in [0.2, 0.25) is 5.88 Å². The van der Waals surface area contributed by atoms with Gasteiger partial charge in [-0.3, -0.25) is 4.79 Å². The highest BCUT2D eigenvalue weighted by molar-refractivity contribution is 5.99. The van der Waals surface area contributed by atoms with Crippen molar-refractivity contribution >= 4 is 17.2 Å². The van der Waals surface area contributed by atoms with Crippen LogP contribution in [0.2, 0.25) is 0 Å². The first-order chi connectivity index (χ1) is 9.60. The van der Waals surface area contributed by atoms with Crippen molar-refractivity contribution in [2.24, 2.45) is 0 Å². The number of aromatic nitrogens is 1. The summed E-state index contributed by atoms with van der Waals surface area (Å²) >= 11 is 0. The number of pyridine rings is 1. The Hall–Kier alpha value is -2.56. The number of rotatable bonds is 5. The Morgan fingerprint density at radius 2 is 2.15 bits per heavy atom. The second-order valence-corrected chi connectivity index (χ2v) is 4.42. The molecular formula is C15H17N3O2. The van der Waals surface area contributed by atoms with Gasteiger partial charge in [-0.15, -0.1) is 0 Å². The van der Waals surface area contributed by atoms with Crippen molar-refractivity contribution in [2.75, 3.05) is 18.2 Å². The van der Waals surface area contributed by atoms with Gasteiger partial charge in [0.25, 0.3) is 0 Å². The average molecular weight is 271 g/mol. The zero-order chi connectivity index (χ0) is 14.5.